The summed E-state index contributed by atoms with van der Waals surface area (Å²) in [5, 5.41) is 10.0. The summed E-state index contributed by atoms with van der Waals surface area (Å²) < 4.78 is 27.6. The summed E-state index contributed by atoms with van der Waals surface area (Å²) in [6.45, 7) is 0.721. The zero-order valence-corrected chi connectivity index (χ0v) is 14.4. The van der Waals surface area contributed by atoms with Crippen LogP contribution in [-0.2, 0) is 16.6 Å². The number of hydrogen-bond acceptors (Lipinski definition) is 4. The van der Waals surface area contributed by atoms with E-state index in [1.807, 2.05) is 0 Å². The Morgan fingerprint density at radius 1 is 1.28 bits per heavy atom. The third-order valence-electron chi connectivity index (χ3n) is 5.22. The monoisotopic (exact) mass is 355 g/mol. The van der Waals surface area contributed by atoms with Crippen LogP contribution in [0.15, 0.2) is 12.3 Å². The van der Waals surface area contributed by atoms with Crippen molar-refractivity contribution in [1.82, 2.24) is 20.0 Å². The number of halogens is 2. The second kappa shape index (κ2) is 6.27. The molecule has 0 aromatic carbocycles. The molecule has 1 aromatic rings. The van der Waals surface area contributed by atoms with E-state index in [1.54, 1.807) is 35.9 Å². The lowest BCUT2D eigenvalue weighted by molar-refractivity contribution is -0.161. The first kappa shape index (κ1) is 17.6. The lowest BCUT2D eigenvalue weighted by Gasteiger charge is -2.44. The van der Waals surface area contributed by atoms with E-state index in [2.05, 4.69) is 15.7 Å². The standard InChI is InChI=1S/C16H23F2N5O2/c1-19-14(25)15(21-12-3-6-20-22(12)2)4-7-23(8-5-15)13(24)11-9-16(17,18)10-11/h3,6,11,21H,4-5,7-10H2,1-2H3,(H,19,25). The van der Waals surface area contributed by atoms with E-state index >= 15 is 0 Å². The number of nitrogens with one attached hydrogen (secondary N) is 2. The predicted octanol–water partition coefficient (Wildman–Crippen LogP) is 0.984. The molecule has 3 rings (SSSR count). The molecule has 1 saturated heterocycles. The number of carbonyl (C=O) groups excluding carboxylic acids is 2. The average molecular weight is 355 g/mol. The van der Waals surface area contributed by atoms with Crippen LogP contribution >= 0.6 is 0 Å². The van der Waals surface area contributed by atoms with E-state index in [-0.39, 0.29) is 24.7 Å². The number of carbonyl (C=O) groups is 2. The molecule has 2 fully saturated rings. The molecule has 1 aromatic heterocycles. The van der Waals surface area contributed by atoms with E-state index in [4.69, 9.17) is 0 Å². The fourth-order valence-corrected chi connectivity index (χ4v) is 3.59. The summed E-state index contributed by atoms with van der Waals surface area (Å²) in [5.74, 6) is -2.97. The van der Waals surface area contributed by atoms with E-state index in [0.717, 1.165) is 0 Å². The number of nitrogens with zero attached hydrogens (tertiary/aromatic N) is 3. The number of anilines is 1. The molecule has 0 unspecified atom stereocenters. The third-order valence-corrected chi connectivity index (χ3v) is 5.22. The molecular weight excluding hydrogens is 332 g/mol. The van der Waals surface area contributed by atoms with Crippen LogP contribution in [0.3, 0.4) is 0 Å². The van der Waals surface area contributed by atoms with Crippen molar-refractivity contribution in [2.45, 2.75) is 37.1 Å². The highest BCUT2D eigenvalue weighted by Gasteiger charge is 2.51. The van der Waals surface area contributed by atoms with Crippen molar-refractivity contribution < 1.29 is 18.4 Å². The van der Waals surface area contributed by atoms with Crippen LogP contribution in [0.25, 0.3) is 0 Å². The number of likely N-dealkylation sites (tertiary alicyclic amines) is 1. The van der Waals surface area contributed by atoms with Gasteiger partial charge in [-0.15, -0.1) is 0 Å². The number of alkyl halides is 2. The molecule has 2 amide bonds. The summed E-state index contributed by atoms with van der Waals surface area (Å²) in [6, 6.07) is 1.78. The normalized spacial score (nSPS) is 22.2. The second-order valence-corrected chi connectivity index (χ2v) is 6.91. The molecule has 1 aliphatic heterocycles. The summed E-state index contributed by atoms with van der Waals surface area (Å²) in [7, 11) is 3.35. The topological polar surface area (TPSA) is 79.3 Å². The molecule has 0 radical (unpaired) electrons. The molecule has 2 N–H and O–H groups in total. The number of aromatic nitrogens is 2. The molecule has 7 nitrogen and oxygen atoms in total. The SMILES string of the molecule is CNC(=O)C1(Nc2ccnn2C)CCN(C(=O)C2CC(F)(F)C2)CC1. The zero-order valence-electron chi connectivity index (χ0n) is 14.4. The van der Waals surface area contributed by atoms with Crippen LogP contribution < -0.4 is 10.6 Å². The van der Waals surface area contributed by atoms with Gasteiger partial charge in [-0.3, -0.25) is 14.3 Å². The van der Waals surface area contributed by atoms with Gasteiger partial charge in [-0.25, -0.2) is 8.78 Å². The van der Waals surface area contributed by atoms with Crippen molar-refractivity contribution in [2.75, 3.05) is 25.5 Å². The number of likely N-dealkylation sites (N-methyl/N-ethyl adjacent to an activating group) is 1. The summed E-state index contributed by atoms with van der Waals surface area (Å²) in [5.41, 5.74) is -0.844. The third kappa shape index (κ3) is 3.32. The van der Waals surface area contributed by atoms with E-state index in [1.165, 1.54) is 0 Å². The van der Waals surface area contributed by atoms with Gasteiger partial charge in [0, 0.05) is 52.0 Å². The molecule has 0 spiro atoms. The van der Waals surface area contributed by atoms with Gasteiger partial charge in [0.15, 0.2) is 0 Å². The van der Waals surface area contributed by atoms with Gasteiger partial charge in [0.1, 0.15) is 11.4 Å². The molecule has 0 bridgehead atoms. The lowest BCUT2D eigenvalue weighted by Crippen LogP contribution is -2.60. The minimum Gasteiger partial charge on any atom is -0.357 e. The minimum absolute atomic E-state index is 0.157. The van der Waals surface area contributed by atoms with E-state index in [0.29, 0.717) is 31.7 Å². The number of hydrogen-bond donors (Lipinski definition) is 2. The molecular formula is C16H23F2N5O2. The first-order valence-corrected chi connectivity index (χ1v) is 8.41. The number of piperidine rings is 1. The number of amides is 2. The van der Waals surface area contributed by atoms with Crippen LogP contribution in [0.5, 0.6) is 0 Å². The average Bonchev–Trinajstić information content (AvgIpc) is 2.96. The van der Waals surface area contributed by atoms with Gasteiger partial charge < -0.3 is 15.5 Å². The Balaban J connectivity index is 1.66. The Kier molecular flexibility index (Phi) is 4.42. The van der Waals surface area contributed by atoms with E-state index < -0.39 is 17.4 Å². The molecule has 1 saturated carbocycles. The highest BCUT2D eigenvalue weighted by Crippen LogP contribution is 2.43. The van der Waals surface area contributed by atoms with Gasteiger partial charge in [-0.05, 0) is 12.8 Å². The molecule has 9 heteroatoms. The van der Waals surface area contributed by atoms with Gasteiger partial charge in [-0.1, -0.05) is 0 Å². The van der Waals surface area contributed by atoms with Crippen LogP contribution in [-0.4, -0.2) is 58.1 Å². The Morgan fingerprint density at radius 2 is 1.92 bits per heavy atom. The van der Waals surface area contributed by atoms with Gasteiger partial charge in [-0.2, -0.15) is 5.10 Å². The smallest absolute Gasteiger partial charge is 0.249 e. The molecule has 0 atom stereocenters. The molecule has 25 heavy (non-hydrogen) atoms. The molecule has 2 heterocycles. The minimum atomic E-state index is -2.71. The van der Waals surface area contributed by atoms with Crippen molar-refractivity contribution >= 4 is 17.6 Å². The van der Waals surface area contributed by atoms with Crippen LogP contribution in [0, 0.1) is 5.92 Å². The first-order valence-electron chi connectivity index (χ1n) is 8.41. The number of rotatable bonds is 4. The Labute approximate surface area is 144 Å². The van der Waals surface area contributed by atoms with Gasteiger partial charge >= 0.3 is 0 Å². The summed E-state index contributed by atoms with van der Waals surface area (Å²) >= 11 is 0. The maximum absolute atomic E-state index is 13.0. The Hall–Kier alpha value is -2.19. The fraction of sp³-hybridized carbons (Fsp3) is 0.688. The number of aryl methyl sites for hydroxylation is 1. The Morgan fingerprint density at radius 3 is 2.40 bits per heavy atom. The second-order valence-electron chi connectivity index (χ2n) is 6.91. The van der Waals surface area contributed by atoms with Crippen LogP contribution in [0.1, 0.15) is 25.7 Å². The Bertz CT molecular complexity index is 659. The van der Waals surface area contributed by atoms with E-state index in [9.17, 15) is 18.4 Å². The first-order chi connectivity index (χ1) is 11.8. The van der Waals surface area contributed by atoms with Crippen LogP contribution in [0.4, 0.5) is 14.6 Å². The molecule has 2 aliphatic rings. The molecule has 138 valence electrons. The van der Waals surface area contributed by atoms with Crippen molar-refractivity contribution in [3.8, 4) is 0 Å². The van der Waals surface area contributed by atoms with Gasteiger partial charge in [0.2, 0.25) is 17.7 Å². The largest absolute Gasteiger partial charge is 0.357 e. The van der Waals surface area contributed by atoms with Crippen molar-refractivity contribution in [2.24, 2.45) is 13.0 Å². The highest BCUT2D eigenvalue weighted by atomic mass is 19.3. The van der Waals surface area contributed by atoms with Crippen molar-refractivity contribution in [3.63, 3.8) is 0 Å². The fourth-order valence-electron chi connectivity index (χ4n) is 3.59. The van der Waals surface area contributed by atoms with Gasteiger partial charge in [0.05, 0.1) is 6.20 Å². The maximum atomic E-state index is 13.0. The zero-order chi connectivity index (χ0) is 18.2. The quantitative estimate of drug-likeness (QED) is 0.844. The maximum Gasteiger partial charge on any atom is 0.249 e. The van der Waals surface area contributed by atoms with Crippen LogP contribution in [0.2, 0.25) is 0 Å². The van der Waals surface area contributed by atoms with Crippen molar-refractivity contribution in [3.05, 3.63) is 12.3 Å². The predicted molar refractivity (Wildman–Crippen MR) is 87.1 cm³/mol. The van der Waals surface area contributed by atoms with Crippen molar-refractivity contribution in [1.29, 1.82) is 0 Å². The highest BCUT2D eigenvalue weighted by molar-refractivity contribution is 5.89. The summed E-state index contributed by atoms with van der Waals surface area (Å²) in [4.78, 5) is 26.4. The van der Waals surface area contributed by atoms with Gasteiger partial charge in [0.25, 0.3) is 0 Å². The lowest BCUT2D eigenvalue weighted by atomic mass is 9.79. The summed E-state index contributed by atoms with van der Waals surface area (Å²) in [6.07, 6.45) is 1.72. The molecule has 1 aliphatic carbocycles.